The number of piperazine rings is 1. The quantitative estimate of drug-likeness (QED) is 0.800. The van der Waals surface area contributed by atoms with Gasteiger partial charge in [-0.15, -0.1) is 0 Å². The van der Waals surface area contributed by atoms with Crippen LogP contribution in [0.2, 0.25) is 0 Å². The van der Waals surface area contributed by atoms with E-state index in [9.17, 15) is 0 Å². The molecular weight excluding hydrogens is 216 g/mol. The van der Waals surface area contributed by atoms with Crippen LogP contribution in [0.1, 0.15) is 40.5 Å². The summed E-state index contributed by atoms with van der Waals surface area (Å²) in [6.45, 7) is 12.8. The van der Waals surface area contributed by atoms with Gasteiger partial charge in [0.25, 0.3) is 0 Å². The molecule has 0 saturated carbocycles. The molecule has 1 fully saturated rings. The molecule has 0 radical (unpaired) electrons. The van der Waals surface area contributed by atoms with E-state index >= 15 is 0 Å². The van der Waals surface area contributed by atoms with Crippen molar-refractivity contribution in [3.05, 3.63) is 0 Å². The Kier molecular flexibility index (Phi) is 5.62. The predicted octanol–water partition coefficient (Wildman–Crippen LogP) is 2.59. The minimum absolute atomic E-state index is 0.286. The van der Waals surface area contributed by atoms with E-state index in [1.165, 1.54) is 25.9 Å². The molecule has 1 rings (SSSR count). The van der Waals surface area contributed by atoms with E-state index in [0.717, 1.165) is 17.8 Å². The second kappa shape index (κ2) is 6.27. The second-order valence-electron chi connectivity index (χ2n) is 5.63. The molecule has 0 aromatic rings. The molecule has 0 spiro atoms. The normalized spacial score (nSPS) is 27.9. The van der Waals surface area contributed by atoms with Crippen LogP contribution < -0.4 is 5.32 Å². The van der Waals surface area contributed by atoms with Gasteiger partial charge in [0.1, 0.15) is 0 Å². The second-order valence-corrected chi connectivity index (χ2v) is 6.91. The van der Waals surface area contributed by atoms with Crippen molar-refractivity contribution in [1.82, 2.24) is 10.2 Å². The number of hydrogen-bond donors (Lipinski definition) is 1. The molecule has 1 aliphatic rings. The molecule has 0 bridgehead atoms. The summed E-state index contributed by atoms with van der Waals surface area (Å²) in [4.78, 5) is 2.68. The molecule has 0 aliphatic carbocycles. The maximum Gasteiger partial charge on any atom is 0.0252 e. The van der Waals surface area contributed by atoms with Crippen LogP contribution in [0, 0.1) is 0 Å². The third kappa shape index (κ3) is 4.27. The van der Waals surface area contributed by atoms with Crippen molar-refractivity contribution in [3.63, 3.8) is 0 Å². The molecule has 1 saturated heterocycles. The Labute approximate surface area is 106 Å². The Morgan fingerprint density at radius 2 is 2.19 bits per heavy atom. The summed E-state index contributed by atoms with van der Waals surface area (Å²) in [5.41, 5.74) is 0.286. The average molecular weight is 244 g/mol. The molecule has 0 aromatic carbocycles. The van der Waals surface area contributed by atoms with Gasteiger partial charge in [-0.3, -0.25) is 4.90 Å². The highest BCUT2D eigenvalue weighted by atomic mass is 32.2. The lowest BCUT2D eigenvalue weighted by molar-refractivity contribution is 0.0918. The number of nitrogens with zero attached hydrogens (tertiary/aromatic N) is 1. The van der Waals surface area contributed by atoms with Crippen molar-refractivity contribution in [3.8, 4) is 0 Å². The van der Waals surface area contributed by atoms with Gasteiger partial charge < -0.3 is 5.32 Å². The molecule has 16 heavy (non-hydrogen) atoms. The molecule has 2 unspecified atom stereocenters. The first-order valence-electron chi connectivity index (χ1n) is 6.50. The fourth-order valence-corrected chi connectivity index (χ4v) is 2.69. The van der Waals surface area contributed by atoms with Gasteiger partial charge in [-0.05, 0) is 39.5 Å². The molecule has 0 aromatic heterocycles. The molecule has 2 atom stereocenters. The molecule has 0 amide bonds. The van der Waals surface area contributed by atoms with Crippen molar-refractivity contribution in [2.75, 3.05) is 25.9 Å². The molecule has 1 aliphatic heterocycles. The third-order valence-corrected chi connectivity index (χ3v) is 4.67. The standard InChI is InChI=1S/C13H28N2S/c1-6-12-9-14-13(3,4)10-15(12)8-7-11(2)16-5/h11-12,14H,6-10H2,1-5H3. The Balaban J connectivity index is 2.45. The number of nitrogens with one attached hydrogen (secondary N) is 1. The lowest BCUT2D eigenvalue weighted by Gasteiger charge is -2.44. The maximum atomic E-state index is 3.64. The average Bonchev–Trinajstić information content (AvgIpc) is 2.25. The van der Waals surface area contributed by atoms with Crippen LogP contribution in [0.4, 0.5) is 0 Å². The molecular formula is C13H28N2S. The monoisotopic (exact) mass is 244 g/mol. The molecule has 1 heterocycles. The molecule has 3 heteroatoms. The lowest BCUT2D eigenvalue weighted by atomic mass is 9.97. The van der Waals surface area contributed by atoms with E-state index in [1.54, 1.807) is 0 Å². The Hall–Kier alpha value is 0.270. The summed E-state index contributed by atoms with van der Waals surface area (Å²) in [7, 11) is 0. The highest BCUT2D eigenvalue weighted by Gasteiger charge is 2.31. The first kappa shape index (κ1) is 14.3. The van der Waals surface area contributed by atoms with Gasteiger partial charge in [-0.2, -0.15) is 11.8 Å². The zero-order chi connectivity index (χ0) is 12.2. The smallest absolute Gasteiger partial charge is 0.0252 e. The SMILES string of the molecule is CCC1CNC(C)(C)CN1CCC(C)SC. The van der Waals surface area contributed by atoms with E-state index in [1.807, 2.05) is 11.8 Å². The van der Waals surface area contributed by atoms with Crippen LogP contribution in [0.15, 0.2) is 0 Å². The van der Waals surface area contributed by atoms with Crippen LogP contribution in [-0.4, -0.2) is 47.6 Å². The van der Waals surface area contributed by atoms with Crippen LogP contribution in [0.5, 0.6) is 0 Å². The summed E-state index contributed by atoms with van der Waals surface area (Å²) >= 11 is 1.98. The van der Waals surface area contributed by atoms with Crippen LogP contribution in [0.25, 0.3) is 0 Å². The van der Waals surface area contributed by atoms with Crippen molar-refractivity contribution in [2.24, 2.45) is 0 Å². The topological polar surface area (TPSA) is 15.3 Å². The van der Waals surface area contributed by atoms with Gasteiger partial charge in [0.05, 0.1) is 0 Å². The number of hydrogen-bond acceptors (Lipinski definition) is 3. The minimum atomic E-state index is 0.286. The number of rotatable bonds is 5. The Bertz CT molecular complexity index is 206. The summed E-state index contributed by atoms with van der Waals surface area (Å²) in [6, 6.07) is 0.738. The third-order valence-electron chi connectivity index (χ3n) is 3.63. The van der Waals surface area contributed by atoms with Gasteiger partial charge in [-0.1, -0.05) is 13.8 Å². The molecule has 1 N–H and O–H groups in total. The summed E-state index contributed by atoms with van der Waals surface area (Å²) < 4.78 is 0. The first-order valence-corrected chi connectivity index (χ1v) is 7.79. The highest BCUT2D eigenvalue weighted by Crippen LogP contribution is 2.19. The fraction of sp³-hybridized carbons (Fsp3) is 1.00. The van der Waals surface area contributed by atoms with Gasteiger partial charge in [0.2, 0.25) is 0 Å². The van der Waals surface area contributed by atoms with Crippen molar-refractivity contribution < 1.29 is 0 Å². The van der Waals surface area contributed by atoms with Gasteiger partial charge in [0.15, 0.2) is 0 Å². The first-order chi connectivity index (χ1) is 7.48. The molecule has 2 nitrogen and oxygen atoms in total. The Morgan fingerprint density at radius 1 is 1.50 bits per heavy atom. The Morgan fingerprint density at radius 3 is 2.75 bits per heavy atom. The van der Waals surface area contributed by atoms with E-state index in [4.69, 9.17) is 0 Å². The molecule has 96 valence electrons. The van der Waals surface area contributed by atoms with E-state index in [2.05, 4.69) is 44.2 Å². The van der Waals surface area contributed by atoms with E-state index in [0.29, 0.717) is 0 Å². The van der Waals surface area contributed by atoms with Crippen molar-refractivity contribution >= 4 is 11.8 Å². The zero-order valence-electron chi connectivity index (χ0n) is 11.5. The summed E-state index contributed by atoms with van der Waals surface area (Å²) in [5.74, 6) is 0. The summed E-state index contributed by atoms with van der Waals surface area (Å²) in [5, 5.41) is 4.43. The van der Waals surface area contributed by atoms with Gasteiger partial charge >= 0.3 is 0 Å². The zero-order valence-corrected chi connectivity index (χ0v) is 12.4. The van der Waals surface area contributed by atoms with Crippen molar-refractivity contribution in [2.45, 2.75) is 57.4 Å². The largest absolute Gasteiger partial charge is 0.309 e. The van der Waals surface area contributed by atoms with Crippen LogP contribution in [-0.2, 0) is 0 Å². The van der Waals surface area contributed by atoms with E-state index in [-0.39, 0.29) is 5.54 Å². The highest BCUT2D eigenvalue weighted by molar-refractivity contribution is 7.99. The lowest BCUT2D eigenvalue weighted by Crippen LogP contribution is -2.61. The van der Waals surface area contributed by atoms with Crippen molar-refractivity contribution in [1.29, 1.82) is 0 Å². The summed E-state index contributed by atoms with van der Waals surface area (Å²) in [6.07, 6.45) is 4.79. The fourth-order valence-electron chi connectivity index (χ4n) is 2.35. The number of thioether (sulfide) groups is 1. The predicted molar refractivity (Wildman–Crippen MR) is 75.3 cm³/mol. The van der Waals surface area contributed by atoms with Crippen LogP contribution >= 0.6 is 11.8 Å². The maximum absolute atomic E-state index is 3.64. The van der Waals surface area contributed by atoms with Crippen LogP contribution in [0.3, 0.4) is 0 Å². The minimum Gasteiger partial charge on any atom is -0.309 e. The van der Waals surface area contributed by atoms with E-state index < -0.39 is 0 Å². The van der Waals surface area contributed by atoms with Gasteiger partial charge in [-0.25, -0.2) is 0 Å². The van der Waals surface area contributed by atoms with Gasteiger partial charge in [0, 0.05) is 29.9 Å².